The van der Waals surface area contributed by atoms with Gasteiger partial charge in [-0.05, 0) is 76.6 Å². The summed E-state index contributed by atoms with van der Waals surface area (Å²) in [6.45, 7) is 12.7. The number of hydrogen-bond acceptors (Lipinski definition) is 8. The van der Waals surface area contributed by atoms with Gasteiger partial charge < -0.3 is 26.4 Å². The largest absolute Gasteiger partial charge is 0.393 e. The van der Waals surface area contributed by atoms with Crippen LogP contribution in [0, 0.1) is 6.92 Å². The molecule has 5 N–H and O–H groups in total. The van der Waals surface area contributed by atoms with Crippen molar-refractivity contribution in [1.82, 2.24) is 14.9 Å². The number of carbonyl (C=O) groups excluding carboxylic acids is 1. The zero-order chi connectivity index (χ0) is 25.8. The second-order valence-corrected chi connectivity index (χ2v) is 10.3. The molecule has 1 amide bonds. The van der Waals surface area contributed by atoms with E-state index in [1.165, 1.54) is 5.69 Å². The number of benzene rings is 1. The van der Waals surface area contributed by atoms with E-state index in [4.69, 9.17) is 10.7 Å². The molecule has 10 heteroatoms. The van der Waals surface area contributed by atoms with Crippen LogP contribution in [0.4, 0.5) is 27.7 Å². The number of aryl methyl sites for hydroxylation is 2. The zero-order valence-corrected chi connectivity index (χ0v) is 22.5. The molecule has 2 aromatic rings. The Morgan fingerprint density at radius 3 is 2.32 bits per heavy atom. The summed E-state index contributed by atoms with van der Waals surface area (Å²) in [6, 6.07) is 7.03. The molecular formula is C28H46FN7O2. The fourth-order valence-corrected chi connectivity index (χ4v) is 5.21. The smallest absolute Gasteiger partial charge is 0.271 e. The summed E-state index contributed by atoms with van der Waals surface area (Å²) in [4.78, 5) is 26.5. The lowest BCUT2D eigenvalue weighted by atomic mass is 9.93. The Morgan fingerprint density at radius 2 is 1.76 bits per heavy atom. The maximum Gasteiger partial charge on any atom is 0.271 e. The quantitative estimate of drug-likeness (QED) is 0.400. The second-order valence-electron chi connectivity index (χ2n) is 10.3. The molecule has 0 atom stereocenters. The summed E-state index contributed by atoms with van der Waals surface area (Å²) in [5.74, 6) is 0.418. The highest BCUT2D eigenvalue weighted by molar-refractivity contribution is 5.96. The summed E-state index contributed by atoms with van der Waals surface area (Å²) in [5, 5.41) is 16.6. The molecule has 4 rings (SSSR count). The van der Waals surface area contributed by atoms with Crippen molar-refractivity contribution < 1.29 is 14.6 Å². The van der Waals surface area contributed by atoms with E-state index >= 15 is 0 Å². The Labute approximate surface area is 226 Å². The van der Waals surface area contributed by atoms with Crippen LogP contribution >= 0.6 is 0 Å². The SMILES string of the molecule is C.CCc1nc(C(N)=O)c(Nc2ccc(N3CCN(C(C)C)CC3)c(C)c2)nc1NC1CCC(O)CC1.F. The first-order valence-electron chi connectivity index (χ1n) is 13.3. The van der Waals surface area contributed by atoms with E-state index in [1.807, 2.05) is 13.0 Å². The van der Waals surface area contributed by atoms with Crippen LogP contribution in [0.5, 0.6) is 0 Å². The molecule has 38 heavy (non-hydrogen) atoms. The highest BCUT2D eigenvalue weighted by atomic mass is 19.0. The van der Waals surface area contributed by atoms with Crippen LogP contribution in [-0.2, 0) is 6.42 Å². The molecule has 1 aromatic carbocycles. The number of piperazine rings is 1. The fraction of sp³-hybridized carbons (Fsp3) is 0.607. The molecule has 1 aliphatic carbocycles. The first-order chi connectivity index (χ1) is 17.2. The Balaban J connectivity index is 0.00000253. The van der Waals surface area contributed by atoms with Crippen molar-refractivity contribution >= 4 is 28.9 Å². The predicted molar refractivity (Wildman–Crippen MR) is 154 cm³/mol. The van der Waals surface area contributed by atoms with Crippen LogP contribution in [0.25, 0.3) is 0 Å². The monoisotopic (exact) mass is 531 g/mol. The van der Waals surface area contributed by atoms with Gasteiger partial charge in [-0.1, -0.05) is 14.4 Å². The van der Waals surface area contributed by atoms with Crippen LogP contribution in [0.15, 0.2) is 18.2 Å². The third-order valence-electron chi connectivity index (χ3n) is 7.42. The average molecular weight is 532 g/mol. The minimum atomic E-state index is -0.608. The number of rotatable bonds is 8. The van der Waals surface area contributed by atoms with Crippen molar-refractivity contribution in [2.24, 2.45) is 5.73 Å². The number of nitrogens with zero attached hydrogens (tertiary/aromatic N) is 4. The summed E-state index contributed by atoms with van der Waals surface area (Å²) in [7, 11) is 0. The van der Waals surface area contributed by atoms with E-state index in [9.17, 15) is 9.90 Å². The number of amides is 1. The molecule has 2 fully saturated rings. The van der Waals surface area contributed by atoms with E-state index < -0.39 is 5.91 Å². The first kappa shape index (κ1) is 31.2. The van der Waals surface area contributed by atoms with Gasteiger partial charge in [0.2, 0.25) is 0 Å². The molecule has 212 valence electrons. The average Bonchev–Trinajstić information content (AvgIpc) is 2.85. The van der Waals surface area contributed by atoms with E-state index in [1.54, 1.807) is 0 Å². The van der Waals surface area contributed by atoms with Crippen LogP contribution in [0.3, 0.4) is 0 Å². The van der Waals surface area contributed by atoms with Crippen molar-refractivity contribution in [2.75, 3.05) is 41.7 Å². The highest BCUT2D eigenvalue weighted by Gasteiger charge is 2.24. The number of primary amides is 1. The van der Waals surface area contributed by atoms with Crippen LogP contribution in [0.1, 0.15) is 75.6 Å². The molecule has 0 radical (unpaired) electrons. The molecule has 1 aliphatic heterocycles. The van der Waals surface area contributed by atoms with Gasteiger partial charge in [-0.2, -0.15) is 0 Å². The molecule has 1 aromatic heterocycles. The highest BCUT2D eigenvalue weighted by Crippen LogP contribution is 2.29. The normalized spacial score (nSPS) is 19.9. The van der Waals surface area contributed by atoms with E-state index in [0.29, 0.717) is 29.8 Å². The van der Waals surface area contributed by atoms with Crippen LogP contribution < -0.4 is 21.3 Å². The molecule has 1 saturated heterocycles. The number of aromatic nitrogens is 2. The van der Waals surface area contributed by atoms with Crippen molar-refractivity contribution in [3.05, 3.63) is 35.2 Å². The molecule has 0 unspecified atom stereocenters. The maximum atomic E-state index is 12.2. The van der Waals surface area contributed by atoms with Gasteiger partial charge >= 0.3 is 0 Å². The number of hydrogen-bond donors (Lipinski definition) is 4. The number of aliphatic hydroxyl groups excluding tert-OH is 1. The van der Waals surface area contributed by atoms with Gasteiger partial charge in [0.25, 0.3) is 5.91 Å². The third-order valence-corrected chi connectivity index (χ3v) is 7.42. The molecular weight excluding hydrogens is 485 g/mol. The van der Waals surface area contributed by atoms with Crippen molar-refractivity contribution in [1.29, 1.82) is 0 Å². The summed E-state index contributed by atoms with van der Waals surface area (Å²) in [5.41, 5.74) is 9.77. The number of nitrogens with two attached hydrogens (primary N) is 1. The number of aliphatic hydroxyl groups is 1. The lowest BCUT2D eigenvalue weighted by Gasteiger charge is -2.38. The lowest BCUT2D eigenvalue weighted by Crippen LogP contribution is -2.49. The Bertz CT molecular complexity index is 1070. The van der Waals surface area contributed by atoms with E-state index in [0.717, 1.165) is 63.1 Å². The molecule has 1 saturated carbocycles. The number of carbonyl (C=O) groups is 1. The predicted octanol–water partition coefficient (Wildman–Crippen LogP) is 4.22. The summed E-state index contributed by atoms with van der Waals surface area (Å²) in [6.07, 6.45) is 3.70. The van der Waals surface area contributed by atoms with Crippen LogP contribution in [-0.4, -0.2) is 70.2 Å². The fourth-order valence-electron chi connectivity index (χ4n) is 5.21. The standard InChI is InChI=1S/C27H41N7O2.CH4.FH/c1-5-22-26(29-19-6-9-21(35)10-7-19)32-27(24(31-22)25(28)36)30-20-8-11-23(18(4)16-20)34-14-12-33(13-15-34)17(2)3;;/h8,11,16-17,19,21,35H,5-7,9-10,12-15H2,1-4H3,(H2,28,36)(H2,29,30,32);1H4;1H. The van der Waals surface area contributed by atoms with Gasteiger partial charge in [0.15, 0.2) is 11.5 Å². The van der Waals surface area contributed by atoms with E-state index in [2.05, 4.69) is 58.3 Å². The van der Waals surface area contributed by atoms with Crippen molar-refractivity contribution in [2.45, 2.75) is 85.4 Å². The van der Waals surface area contributed by atoms with Gasteiger partial charge in [0, 0.05) is 49.6 Å². The minimum absolute atomic E-state index is 0. The zero-order valence-electron chi connectivity index (χ0n) is 22.5. The first-order valence-corrected chi connectivity index (χ1v) is 13.3. The third kappa shape index (κ3) is 7.32. The van der Waals surface area contributed by atoms with Gasteiger partial charge in [-0.3, -0.25) is 14.4 Å². The van der Waals surface area contributed by atoms with Gasteiger partial charge in [-0.15, -0.1) is 0 Å². The Morgan fingerprint density at radius 1 is 1.11 bits per heavy atom. The minimum Gasteiger partial charge on any atom is -0.393 e. The van der Waals surface area contributed by atoms with Crippen LogP contribution in [0.2, 0.25) is 0 Å². The van der Waals surface area contributed by atoms with Gasteiger partial charge in [0.05, 0.1) is 11.8 Å². The molecule has 2 heterocycles. The maximum absolute atomic E-state index is 12.2. The van der Waals surface area contributed by atoms with Crippen molar-refractivity contribution in [3.63, 3.8) is 0 Å². The number of anilines is 4. The topological polar surface area (TPSA) is 120 Å². The summed E-state index contributed by atoms with van der Waals surface area (Å²) >= 11 is 0. The molecule has 0 spiro atoms. The Hall–Kier alpha value is -2.98. The molecule has 2 aliphatic rings. The number of halogens is 1. The number of nitrogens with one attached hydrogen (secondary N) is 2. The van der Waals surface area contributed by atoms with Crippen molar-refractivity contribution in [3.8, 4) is 0 Å². The Kier molecular flexibility index (Phi) is 11.3. The van der Waals surface area contributed by atoms with E-state index in [-0.39, 0.29) is 30.0 Å². The second kappa shape index (κ2) is 13.7. The van der Waals surface area contributed by atoms with Gasteiger partial charge in [-0.25, -0.2) is 9.97 Å². The molecule has 0 bridgehead atoms. The summed E-state index contributed by atoms with van der Waals surface area (Å²) < 4.78 is 0. The lowest BCUT2D eigenvalue weighted by molar-refractivity contribution is 0.0996. The molecule has 9 nitrogen and oxygen atoms in total. The van der Waals surface area contributed by atoms with Gasteiger partial charge in [0.1, 0.15) is 5.82 Å².